The molecule has 6 heteroatoms. The van der Waals surface area contributed by atoms with Gasteiger partial charge in [0.2, 0.25) is 0 Å². The first-order valence-corrected chi connectivity index (χ1v) is 6.44. The first-order chi connectivity index (χ1) is 8.61. The first-order valence-electron chi connectivity index (χ1n) is 6.06. The van der Waals surface area contributed by atoms with Crippen LogP contribution in [0.3, 0.4) is 0 Å². The normalized spacial score (nSPS) is 16.1. The fourth-order valence-corrected chi connectivity index (χ4v) is 2.36. The zero-order chi connectivity index (χ0) is 13.1. The maximum atomic E-state index is 13.0. The average Bonchev–Trinajstić information content (AvgIpc) is 2.41. The number of amides is 1. The van der Waals surface area contributed by atoms with E-state index in [2.05, 4.69) is 0 Å². The summed E-state index contributed by atoms with van der Waals surface area (Å²) in [6.07, 6.45) is 1.86. The number of rotatable bonds is 2. The van der Waals surface area contributed by atoms with Gasteiger partial charge in [-0.2, -0.15) is 0 Å². The quantitative estimate of drug-likeness (QED) is 0.913. The molecule has 0 radical (unpaired) electrons. The first kappa shape index (κ1) is 16.2. The topological polar surface area (TPSA) is 46.3 Å². The molecular formula is C13H17Cl2FN2O. The van der Waals surface area contributed by atoms with Crippen LogP contribution in [0.2, 0.25) is 5.02 Å². The van der Waals surface area contributed by atoms with Gasteiger partial charge in [-0.15, -0.1) is 12.4 Å². The number of carbonyl (C=O) groups is 1. The fourth-order valence-electron chi connectivity index (χ4n) is 2.18. The van der Waals surface area contributed by atoms with Crippen LogP contribution in [0.15, 0.2) is 18.2 Å². The lowest BCUT2D eigenvalue weighted by atomic mass is 9.96. The number of nitrogens with zero attached hydrogens (tertiary/aromatic N) is 1. The highest BCUT2D eigenvalue weighted by molar-refractivity contribution is 6.31. The molecule has 0 atom stereocenters. The van der Waals surface area contributed by atoms with Crippen LogP contribution in [0.4, 0.5) is 4.39 Å². The van der Waals surface area contributed by atoms with Crippen molar-refractivity contribution in [1.29, 1.82) is 0 Å². The second kappa shape index (κ2) is 7.08. The van der Waals surface area contributed by atoms with E-state index in [1.807, 2.05) is 0 Å². The molecule has 1 aromatic carbocycles. The molecule has 3 nitrogen and oxygen atoms in total. The van der Waals surface area contributed by atoms with Crippen molar-refractivity contribution in [2.45, 2.75) is 12.8 Å². The number of halogens is 3. The highest BCUT2D eigenvalue weighted by atomic mass is 35.5. The zero-order valence-corrected chi connectivity index (χ0v) is 12.0. The van der Waals surface area contributed by atoms with Gasteiger partial charge in [-0.25, -0.2) is 4.39 Å². The Morgan fingerprint density at radius 2 is 2.05 bits per heavy atom. The van der Waals surface area contributed by atoms with Crippen LogP contribution >= 0.6 is 24.0 Å². The van der Waals surface area contributed by atoms with E-state index in [1.54, 1.807) is 4.90 Å². The van der Waals surface area contributed by atoms with Gasteiger partial charge in [-0.1, -0.05) is 11.6 Å². The van der Waals surface area contributed by atoms with Gasteiger partial charge in [-0.05, 0) is 43.5 Å². The van der Waals surface area contributed by atoms with Gasteiger partial charge < -0.3 is 10.6 Å². The van der Waals surface area contributed by atoms with Crippen LogP contribution in [0.25, 0.3) is 0 Å². The number of likely N-dealkylation sites (tertiary alicyclic amines) is 1. The second-order valence-corrected chi connectivity index (χ2v) is 5.01. The summed E-state index contributed by atoms with van der Waals surface area (Å²) in [6, 6.07) is 4.08. The molecule has 1 saturated heterocycles. The Morgan fingerprint density at radius 3 is 2.58 bits per heavy atom. The molecule has 0 aromatic heterocycles. The van der Waals surface area contributed by atoms with Crippen molar-refractivity contribution in [3.05, 3.63) is 34.6 Å². The lowest BCUT2D eigenvalue weighted by Crippen LogP contribution is -2.40. The van der Waals surface area contributed by atoms with E-state index in [0.29, 0.717) is 31.1 Å². The minimum absolute atomic E-state index is 0. The molecule has 106 valence electrons. The minimum Gasteiger partial charge on any atom is -0.339 e. The Bertz CT molecular complexity index is 448. The third-order valence-corrected chi connectivity index (χ3v) is 3.69. The van der Waals surface area contributed by atoms with E-state index in [0.717, 1.165) is 12.8 Å². The van der Waals surface area contributed by atoms with Gasteiger partial charge >= 0.3 is 0 Å². The van der Waals surface area contributed by atoms with Crippen molar-refractivity contribution in [2.24, 2.45) is 11.7 Å². The smallest absolute Gasteiger partial charge is 0.253 e. The van der Waals surface area contributed by atoms with E-state index < -0.39 is 5.82 Å². The molecule has 1 aliphatic rings. The van der Waals surface area contributed by atoms with E-state index in [1.165, 1.54) is 18.2 Å². The molecule has 2 N–H and O–H groups in total. The third kappa shape index (κ3) is 3.81. The summed E-state index contributed by atoms with van der Waals surface area (Å²) in [5.74, 6) is -0.0896. The summed E-state index contributed by atoms with van der Waals surface area (Å²) >= 11 is 5.68. The van der Waals surface area contributed by atoms with E-state index in [4.69, 9.17) is 17.3 Å². The van der Waals surface area contributed by atoms with Gasteiger partial charge in [0.25, 0.3) is 5.91 Å². The number of piperidine rings is 1. The maximum absolute atomic E-state index is 13.0. The molecule has 1 fully saturated rings. The molecule has 1 aromatic rings. The summed E-state index contributed by atoms with van der Waals surface area (Å²) in [5, 5.41) is -0.0160. The Hall–Kier alpha value is -0.840. The van der Waals surface area contributed by atoms with E-state index >= 15 is 0 Å². The predicted octanol–water partition coefficient (Wildman–Crippen LogP) is 2.71. The molecule has 0 spiro atoms. The molecule has 1 aliphatic heterocycles. The molecular weight excluding hydrogens is 290 g/mol. The molecule has 0 aliphatic carbocycles. The molecule has 0 saturated carbocycles. The van der Waals surface area contributed by atoms with Crippen molar-refractivity contribution >= 4 is 29.9 Å². The van der Waals surface area contributed by atoms with E-state index in [-0.39, 0.29) is 23.3 Å². The maximum Gasteiger partial charge on any atom is 0.253 e. The molecule has 0 unspecified atom stereocenters. The van der Waals surface area contributed by atoms with Gasteiger partial charge in [0.15, 0.2) is 0 Å². The van der Waals surface area contributed by atoms with Crippen molar-refractivity contribution in [3.8, 4) is 0 Å². The summed E-state index contributed by atoms with van der Waals surface area (Å²) in [4.78, 5) is 13.9. The summed E-state index contributed by atoms with van der Waals surface area (Å²) in [5.41, 5.74) is 6.05. The van der Waals surface area contributed by atoms with Crippen LogP contribution in [-0.2, 0) is 0 Å². The number of hydrogen-bond acceptors (Lipinski definition) is 2. The molecule has 0 bridgehead atoms. The van der Waals surface area contributed by atoms with Gasteiger partial charge in [0, 0.05) is 18.7 Å². The number of hydrogen-bond donors (Lipinski definition) is 1. The van der Waals surface area contributed by atoms with Crippen molar-refractivity contribution in [2.75, 3.05) is 19.6 Å². The number of nitrogens with two attached hydrogens (primary N) is 1. The second-order valence-electron chi connectivity index (χ2n) is 4.60. The van der Waals surface area contributed by atoms with Gasteiger partial charge in [-0.3, -0.25) is 4.79 Å². The fraction of sp³-hybridized carbons (Fsp3) is 0.462. The van der Waals surface area contributed by atoms with Gasteiger partial charge in [0.1, 0.15) is 5.82 Å². The van der Waals surface area contributed by atoms with Crippen LogP contribution in [0.5, 0.6) is 0 Å². The minimum atomic E-state index is -0.505. The van der Waals surface area contributed by atoms with Gasteiger partial charge in [0.05, 0.1) is 5.02 Å². The number of carbonyl (C=O) groups excluding carboxylic acids is 1. The lowest BCUT2D eigenvalue weighted by molar-refractivity contribution is 0.0693. The predicted molar refractivity (Wildman–Crippen MR) is 76.3 cm³/mol. The number of benzene rings is 1. The summed E-state index contributed by atoms with van der Waals surface area (Å²) < 4.78 is 13.0. The van der Waals surface area contributed by atoms with Crippen LogP contribution in [0.1, 0.15) is 23.2 Å². The van der Waals surface area contributed by atoms with Crippen molar-refractivity contribution in [3.63, 3.8) is 0 Å². The van der Waals surface area contributed by atoms with Crippen molar-refractivity contribution < 1.29 is 9.18 Å². The Kier molecular flexibility index (Phi) is 6.04. The monoisotopic (exact) mass is 306 g/mol. The molecule has 19 heavy (non-hydrogen) atoms. The largest absolute Gasteiger partial charge is 0.339 e. The van der Waals surface area contributed by atoms with E-state index in [9.17, 15) is 9.18 Å². The third-order valence-electron chi connectivity index (χ3n) is 3.40. The van der Waals surface area contributed by atoms with Crippen molar-refractivity contribution in [1.82, 2.24) is 4.90 Å². The summed E-state index contributed by atoms with van der Waals surface area (Å²) in [6.45, 7) is 2.08. The highest BCUT2D eigenvalue weighted by Gasteiger charge is 2.23. The Labute approximate surface area is 123 Å². The lowest BCUT2D eigenvalue weighted by Gasteiger charge is -2.31. The van der Waals surface area contributed by atoms with Crippen LogP contribution < -0.4 is 5.73 Å². The standard InChI is InChI=1S/C13H16ClFN2O.ClH/c14-11-7-10(1-2-12(11)15)13(18)17-5-3-9(8-16)4-6-17;/h1-2,7,9H,3-6,8,16H2;1H. The Balaban J connectivity index is 0.00000180. The molecule has 2 rings (SSSR count). The molecule has 1 amide bonds. The summed E-state index contributed by atoms with van der Waals surface area (Å²) in [7, 11) is 0. The highest BCUT2D eigenvalue weighted by Crippen LogP contribution is 2.21. The van der Waals surface area contributed by atoms with Crippen LogP contribution in [-0.4, -0.2) is 30.4 Å². The zero-order valence-electron chi connectivity index (χ0n) is 10.4. The van der Waals surface area contributed by atoms with Crippen LogP contribution in [0, 0.1) is 11.7 Å². The Morgan fingerprint density at radius 1 is 1.42 bits per heavy atom. The average molecular weight is 307 g/mol. The SMILES string of the molecule is Cl.NCC1CCN(C(=O)c2ccc(F)c(Cl)c2)CC1. The molecule has 1 heterocycles.